The summed E-state index contributed by atoms with van der Waals surface area (Å²) in [5.41, 5.74) is 1.98. The van der Waals surface area contributed by atoms with E-state index < -0.39 is 0 Å². The van der Waals surface area contributed by atoms with Crippen molar-refractivity contribution in [3.05, 3.63) is 65.7 Å². The molecule has 0 aliphatic carbocycles. The summed E-state index contributed by atoms with van der Waals surface area (Å²) in [4.78, 5) is 13.6. The summed E-state index contributed by atoms with van der Waals surface area (Å²) in [6.45, 7) is 3.14. The second-order valence-corrected chi connectivity index (χ2v) is 7.40. The van der Waals surface area contributed by atoms with Crippen molar-refractivity contribution in [2.24, 2.45) is 0 Å². The van der Waals surface area contributed by atoms with Crippen LogP contribution in [0.25, 0.3) is 0 Å². The second kappa shape index (κ2) is 8.36. The first kappa shape index (κ1) is 17.1. The molecule has 1 heterocycles. The maximum Gasteiger partial charge on any atom is 0.251 e. The summed E-state index contributed by atoms with van der Waals surface area (Å²) in [7, 11) is 0. The standard InChI is InChI=1S/C20H24N2OS/c1-15-13-18(11-12-21-15)22-20(23)17-9-7-16(8-10-17)14-24-19-5-3-2-4-6-19/h2-10,15,18,21H,11-14H2,1H3,(H,22,23). The number of hydrogen-bond acceptors (Lipinski definition) is 3. The van der Waals surface area contributed by atoms with E-state index in [1.165, 1.54) is 10.5 Å². The zero-order valence-electron chi connectivity index (χ0n) is 14.0. The van der Waals surface area contributed by atoms with Crippen molar-refractivity contribution in [3.63, 3.8) is 0 Å². The lowest BCUT2D eigenvalue weighted by molar-refractivity contribution is 0.0925. The highest BCUT2D eigenvalue weighted by molar-refractivity contribution is 7.98. The number of amides is 1. The lowest BCUT2D eigenvalue weighted by atomic mass is 10.00. The van der Waals surface area contributed by atoms with E-state index in [1.54, 1.807) is 0 Å². The molecule has 2 unspecified atom stereocenters. The van der Waals surface area contributed by atoms with Gasteiger partial charge < -0.3 is 10.6 Å². The summed E-state index contributed by atoms with van der Waals surface area (Å²) >= 11 is 1.81. The highest BCUT2D eigenvalue weighted by Gasteiger charge is 2.20. The van der Waals surface area contributed by atoms with Gasteiger partial charge in [-0.3, -0.25) is 4.79 Å². The van der Waals surface area contributed by atoms with Crippen molar-refractivity contribution in [2.45, 2.75) is 42.5 Å². The van der Waals surface area contributed by atoms with Crippen LogP contribution >= 0.6 is 11.8 Å². The van der Waals surface area contributed by atoms with Crippen LogP contribution < -0.4 is 10.6 Å². The molecule has 0 radical (unpaired) electrons. The van der Waals surface area contributed by atoms with Crippen LogP contribution in [0.4, 0.5) is 0 Å². The van der Waals surface area contributed by atoms with Crippen molar-refractivity contribution in [2.75, 3.05) is 6.54 Å². The van der Waals surface area contributed by atoms with Crippen molar-refractivity contribution < 1.29 is 4.79 Å². The van der Waals surface area contributed by atoms with Gasteiger partial charge in [0.1, 0.15) is 0 Å². The number of rotatable bonds is 5. The molecule has 1 fully saturated rings. The normalized spacial score (nSPS) is 20.5. The molecule has 1 aliphatic rings. The van der Waals surface area contributed by atoms with E-state index in [9.17, 15) is 4.79 Å². The predicted octanol–water partition coefficient (Wildman–Crippen LogP) is 3.85. The fourth-order valence-electron chi connectivity index (χ4n) is 2.97. The number of carbonyl (C=O) groups is 1. The van der Waals surface area contributed by atoms with Gasteiger partial charge in [-0.15, -0.1) is 11.8 Å². The van der Waals surface area contributed by atoms with Crippen molar-refractivity contribution >= 4 is 17.7 Å². The Balaban J connectivity index is 1.52. The molecule has 0 aromatic heterocycles. The van der Waals surface area contributed by atoms with Crippen LogP contribution in [-0.4, -0.2) is 24.5 Å². The number of nitrogens with one attached hydrogen (secondary N) is 2. The van der Waals surface area contributed by atoms with Gasteiger partial charge in [0, 0.05) is 28.3 Å². The molecule has 1 saturated heterocycles. The molecule has 2 N–H and O–H groups in total. The molecule has 2 atom stereocenters. The molecule has 24 heavy (non-hydrogen) atoms. The zero-order chi connectivity index (χ0) is 16.8. The van der Waals surface area contributed by atoms with E-state index in [-0.39, 0.29) is 11.9 Å². The Morgan fingerprint density at radius 2 is 1.92 bits per heavy atom. The molecule has 126 valence electrons. The first-order chi connectivity index (χ1) is 11.7. The molecule has 4 heteroatoms. The van der Waals surface area contributed by atoms with E-state index in [2.05, 4.69) is 54.0 Å². The fourth-order valence-corrected chi connectivity index (χ4v) is 3.84. The monoisotopic (exact) mass is 340 g/mol. The Morgan fingerprint density at radius 3 is 2.62 bits per heavy atom. The van der Waals surface area contributed by atoms with Crippen LogP contribution in [0.15, 0.2) is 59.5 Å². The highest BCUT2D eigenvalue weighted by Crippen LogP contribution is 2.22. The topological polar surface area (TPSA) is 41.1 Å². The van der Waals surface area contributed by atoms with E-state index in [1.807, 2.05) is 30.0 Å². The minimum atomic E-state index is 0.0383. The Morgan fingerprint density at radius 1 is 1.17 bits per heavy atom. The van der Waals surface area contributed by atoms with E-state index >= 15 is 0 Å². The molecule has 2 aromatic rings. The van der Waals surface area contributed by atoms with E-state index in [0.717, 1.165) is 30.7 Å². The molecule has 2 aromatic carbocycles. The molecule has 1 aliphatic heterocycles. The molecular formula is C20H24N2OS. The Kier molecular flexibility index (Phi) is 5.94. The molecule has 0 spiro atoms. The number of hydrogen-bond donors (Lipinski definition) is 2. The largest absolute Gasteiger partial charge is 0.349 e. The molecule has 0 saturated carbocycles. The Bertz CT molecular complexity index is 657. The van der Waals surface area contributed by atoms with E-state index in [0.29, 0.717) is 6.04 Å². The van der Waals surface area contributed by atoms with Gasteiger partial charge in [-0.05, 0) is 56.1 Å². The van der Waals surface area contributed by atoms with Crippen molar-refractivity contribution in [1.82, 2.24) is 10.6 Å². The van der Waals surface area contributed by atoms with Gasteiger partial charge in [-0.2, -0.15) is 0 Å². The SMILES string of the molecule is CC1CC(NC(=O)c2ccc(CSc3ccccc3)cc2)CCN1. The first-order valence-corrected chi connectivity index (χ1v) is 9.50. The third kappa shape index (κ3) is 4.86. The average molecular weight is 340 g/mol. The summed E-state index contributed by atoms with van der Waals surface area (Å²) in [6.07, 6.45) is 2.00. The zero-order valence-corrected chi connectivity index (χ0v) is 14.8. The highest BCUT2D eigenvalue weighted by atomic mass is 32.2. The predicted molar refractivity (Wildman–Crippen MR) is 100 cm³/mol. The van der Waals surface area contributed by atoms with Crippen LogP contribution in [0.1, 0.15) is 35.7 Å². The third-order valence-corrected chi connectivity index (χ3v) is 5.41. The number of thioether (sulfide) groups is 1. The molecule has 3 nitrogen and oxygen atoms in total. The third-order valence-electron chi connectivity index (χ3n) is 4.32. The lowest BCUT2D eigenvalue weighted by Gasteiger charge is -2.28. The van der Waals surface area contributed by atoms with E-state index in [4.69, 9.17) is 0 Å². The summed E-state index contributed by atoms with van der Waals surface area (Å²) in [5.74, 6) is 0.953. The number of carbonyl (C=O) groups excluding carboxylic acids is 1. The van der Waals surface area contributed by atoms with Crippen LogP contribution in [0.3, 0.4) is 0 Å². The smallest absolute Gasteiger partial charge is 0.251 e. The van der Waals surface area contributed by atoms with Crippen LogP contribution in [0.5, 0.6) is 0 Å². The molecule has 0 bridgehead atoms. The van der Waals surface area contributed by atoms with Crippen molar-refractivity contribution in [1.29, 1.82) is 0 Å². The fraction of sp³-hybridized carbons (Fsp3) is 0.350. The Hall–Kier alpha value is -1.78. The minimum Gasteiger partial charge on any atom is -0.349 e. The molecule has 1 amide bonds. The first-order valence-electron chi connectivity index (χ1n) is 8.52. The average Bonchev–Trinajstić information content (AvgIpc) is 2.61. The summed E-state index contributed by atoms with van der Waals surface area (Å²) < 4.78 is 0. The van der Waals surface area contributed by atoms with Crippen LogP contribution in [-0.2, 0) is 5.75 Å². The number of piperidine rings is 1. The van der Waals surface area contributed by atoms with Crippen LogP contribution in [0, 0.1) is 0 Å². The maximum absolute atomic E-state index is 12.4. The quantitative estimate of drug-likeness (QED) is 0.812. The second-order valence-electron chi connectivity index (χ2n) is 6.35. The summed E-state index contributed by atoms with van der Waals surface area (Å²) in [6, 6.07) is 19.1. The maximum atomic E-state index is 12.4. The van der Waals surface area contributed by atoms with Gasteiger partial charge in [0.05, 0.1) is 0 Å². The van der Waals surface area contributed by atoms with Crippen LogP contribution in [0.2, 0.25) is 0 Å². The van der Waals surface area contributed by atoms with Crippen molar-refractivity contribution in [3.8, 4) is 0 Å². The van der Waals surface area contributed by atoms with Gasteiger partial charge in [-0.1, -0.05) is 30.3 Å². The van der Waals surface area contributed by atoms with Gasteiger partial charge >= 0.3 is 0 Å². The van der Waals surface area contributed by atoms with Gasteiger partial charge in [0.15, 0.2) is 0 Å². The van der Waals surface area contributed by atoms with Gasteiger partial charge in [0.25, 0.3) is 5.91 Å². The number of benzene rings is 2. The summed E-state index contributed by atoms with van der Waals surface area (Å²) in [5, 5.41) is 6.57. The van der Waals surface area contributed by atoms with Gasteiger partial charge in [0.2, 0.25) is 0 Å². The minimum absolute atomic E-state index is 0.0383. The Labute approximate surface area is 148 Å². The van der Waals surface area contributed by atoms with Gasteiger partial charge in [-0.25, -0.2) is 0 Å². The molecular weight excluding hydrogens is 316 g/mol. The molecule has 3 rings (SSSR count). The lowest BCUT2D eigenvalue weighted by Crippen LogP contribution is -2.46.